The molecule has 0 unspecified atom stereocenters. The van der Waals surface area contributed by atoms with Crippen LogP contribution in [-0.4, -0.2) is 11.7 Å². The van der Waals surface area contributed by atoms with E-state index in [2.05, 4.69) is 5.32 Å². The Morgan fingerprint density at radius 2 is 1.79 bits per heavy atom. The van der Waals surface area contributed by atoms with E-state index in [1.807, 2.05) is 35.7 Å². The lowest BCUT2D eigenvalue weighted by Crippen LogP contribution is -2.42. The highest BCUT2D eigenvalue weighted by Crippen LogP contribution is 2.43. The fourth-order valence-electron chi connectivity index (χ4n) is 2.18. The summed E-state index contributed by atoms with van der Waals surface area (Å²) in [6.45, 7) is 3.33. The predicted molar refractivity (Wildman–Crippen MR) is 76.5 cm³/mol. The maximum atomic E-state index is 12.5. The van der Waals surface area contributed by atoms with Gasteiger partial charge in [-0.1, -0.05) is 30.3 Å². The minimum absolute atomic E-state index is 0.105. The van der Waals surface area contributed by atoms with Crippen LogP contribution >= 0.6 is 11.3 Å². The number of carbonyl (C=O) groups excluding carboxylic acids is 2. The molecule has 3 rings (SSSR count). The lowest BCUT2D eigenvalue weighted by molar-refractivity contribution is -0.122. The second-order valence-corrected chi connectivity index (χ2v) is 6.01. The average Bonchev–Trinajstić information content (AvgIpc) is 2.81. The third-order valence-electron chi connectivity index (χ3n) is 3.47. The molecule has 1 aromatic carbocycles. The smallest absolute Gasteiger partial charge is 0.238 e. The van der Waals surface area contributed by atoms with Gasteiger partial charge in [0.15, 0.2) is 5.78 Å². The van der Waals surface area contributed by atoms with Gasteiger partial charge in [0.2, 0.25) is 5.91 Å². The van der Waals surface area contributed by atoms with E-state index in [1.54, 1.807) is 13.8 Å². The number of thiophene rings is 1. The Hall–Kier alpha value is -1.94. The van der Waals surface area contributed by atoms with E-state index < -0.39 is 5.41 Å². The van der Waals surface area contributed by atoms with Crippen molar-refractivity contribution in [3.8, 4) is 11.1 Å². The first-order chi connectivity index (χ1) is 9.01. The van der Waals surface area contributed by atoms with Crippen molar-refractivity contribution in [1.29, 1.82) is 0 Å². The third kappa shape index (κ3) is 1.71. The molecule has 96 valence electrons. The summed E-state index contributed by atoms with van der Waals surface area (Å²) >= 11 is 1.40. The van der Waals surface area contributed by atoms with Crippen LogP contribution < -0.4 is 5.32 Å². The van der Waals surface area contributed by atoms with Crippen LogP contribution in [0.4, 0.5) is 5.00 Å². The van der Waals surface area contributed by atoms with Crippen LogP contribution in [0, 0.1) is 5.41 Å². The number of fused-ring (bicyclic) bond motifs is 1. The zero-order chi connectivity index (χ0) is 13.6. The molecule has 1 aromatic heterocycles. The molecule has 1 aliphatic rings. The zero-order valence-electron chi connectivity index (χ0n) is 10.7. The summed E-state index contributed by atoms with van der Waals surface area (Å²) in [5.74, 6) is -0.335. The molecule has 0 saturated carbocycles. The summed E-state index contributed by atoms with van der Waals surface area (Å²) in [5, 5.41) is 5.42. The first-order valence-electron chi connectivity index (χ1n) is 6.05. The largest absolute Gasteiger partial charge is 0.316 e. The van der Waals surface area contributed by atoms with E-state index in [1.165, 1.54) is 11.3 Å². The monoisotopic (exact) mass is 271 g/mol. The molecule has 1 aliphatic heterocycles. The predicted octanol–water partition coefficient (Wildman–Crippen LogP) is 3.58. The second-order valence-electron chi connectivity index (χ2n) is 5.13. The fraction of sp³-hybridized carbons (Fsp3) is 0.200. The first kappa shape index (κ1) is 12.1. The Labute approximate surface area is 115 Å². The van der Waals surface area contributed by atoms with Gasteiger partial charge in [0, 0.05) is 10.9 Å². The summed E-state index contributed by atoms with van der Waals surface area (Å²) in [4.78, 5) is 24.5. The van der Waals surface area contributed by atoms with E-state index in [-0.39, 0.29) is 11.7 Å². The number of ketones is 1. The Morgan fingerprint density at radius 3 is 2.47 bits per heavy atom. The molecule has 19 heavy (non-hydrogen) atoms. The number of rotatable bonds is 1. The Morgan fingerprint density at radius 1 is 1.11 bits per heavy atom. The summed E-state index contributed by atoms with van der Waals surface area (Å²) in [7, 11) is 0. The molecule has 0 spiro atoms. The van der Waals surface area contributed by atoms with Gasteiger partial charge in [0.05, 0.1) is 5.56 Å². The Balaban J connectivity index is 2.20. The average molecular weight is 271 g/mol. The molecule has 0 fully saturated rings. The maximum Gasteiger partial charge on any atom is 0.238 e. The van der Waals surface area contributed by atoms with Crippen LogP contribution in [-0.2, 0) is 4.79 Å². The van der Waals surface area contributed by atoms with Crippen LogP contribution in [0.3, 0.4) is 0 Å². The van der Waals surface area contributed by atoms with Crippen LogP contribution in [0.15, 0.2) is 35.7 Å². The standard InChI is InChI=1S/C15H13NO2S/c1-15(2)12(17)11-10(9-6-4-3-5-7-9)8-19-13(11)16-14(15)18/h3-8H,1-2H3,(H,16,18). The van der Waals surface area contributed by atoms with Crippen molar-refractivity contribution in [1.82, 2.24) is 0 Å². The minimum atomic E-state index is -1.00. The van der Waals surface area contributed by atoms with Crippen molar-refractivity contribution in [2.24, 2.45) is 5.41 Å². The van der Waals surface area contributed by atoms with E-state index in [0.29, 0.717) is 10.6 Å². The van der Waals surface area contributed by atoms with Gasteiger partial charge in [0.1, 0.15) is 10.4 Å². The topological polar surface area (TPSA) is 46.2 Å². The SMILES string of the molecule is CC1(C)C(=O)Nc2scc(-c3ccccc3)c2C1=O. The molecule has 0 bridgehead atoms. The van der Waals surface area contributed by atoms with Crippen molar-refractivity contribution in [3.05, 3.63) is 41.3 Å². The summed E-state index contributed by atoms with van der Waals surface area (Å²) in [5.41, 5.74) is 1.54. The molecule has 0 aliphatic carbocycles. The maximum absolute atomic E-state index is 12.5. The number of Topliss-reactive ketones (excluding diaryl/α,β-unsaturated/α-hetero) is 1. The number of carbonyl (C=O) groups is 2. The number of amides is 1. The normalized spacial score (nSPS) is 16.9. The van der Waals surface area contributed by atoms with Gasteiger partial charge in [-0.15, -0.1) is 11.3 Å². The van der Waals surface area contributed by atoms with Crippen molar-refractivity contribution in [2.75, 3.05) is 5.32 Å². The molecule has 1 amide bonds. The molecule has 0 radical (unpaired) electrons. The van der Waals surface area contributed by atoms with Gasteiger partial charge in [-0.25, -0.2) is 0 Å². The highest BCUT2D eigenvalue weighted by atomic mass is 32.1. The Kier molecular flexibility index (Phi) is 2.57. The molecular formula is C15H13NO2S. The van der Waals surface area contributed by atoms with Gasteiger partial charge in [-0.05, 0) is 19.4 Å². The summed E-state index contributed by atoms with van der Waals surface area (Å²) in [6, 6.07) is 9.76. The van der Waals surface area contributed by atoms with Crippen LogP contribution in [0.25, 0.3) is 11.1 Å². The molecule has 3 nitrogen and oxygen atoms in total. The van der Waals surface area contributed by atoms with Gasteiger partial charge in [-0.3, -0.25) is 9.59 Å². The molecule has 0 saturated heterocycles. The Bertz CT molecular complexity index is 671. The van der Waals surface area contributed by atoms with Gasteiger partial charge >= 0.3 is 0 Å². The highest BCUT2D eigenvalue weighted by Gasteiger charge is 2.43. The molecule has 2 heterocycles. The van der Waals surface area contributed by atoms with Crippen LogP contribution in [0.1, 0.15) is 24.2 Å². The number of benzene rings is 1. The quantitative estimate of drug-likeness (QED) is 0.806. The highest BCUT2D eigenvalue weighted by molar-refractivity contribution is 7.15. The number of hydrogen-bond acceptors (Lipinski definition) is 3. The molecule has 1 N–H and O–H groups in total. The van der Waals surface area contributed by atoms with E-state index in [0.717, 1.165) is 11.1 Å². The minimum Gasteiger partial charge on any atom is -0.316 e. The molecular weight excluding hydrogens is 258 g/mol. The molecule has 4 heteroatoms. The lowest BCUT2D eigenvalue weighted by Gasteiger charge is -2.27. The van der Waals surface area contributed by atoms with Gasteiger partial charge in [0.25, 0.3) is 0 Å². The zero-order valence-corrected chi connectivity index (χ0v) is 11.5. The van der Waals surface area contributed by atoms with E-state index >= 15 is 0 Å². The van der Waals surface area contributed by atoms with Crippen molar-refractivity contribution < 1.29 is 9.59 Å². The summed E-state index contributed by atoms with van der Waals surface area (Å²) < 4.78 is 0. The first-order valence-corrected chi connectivity index (χ1v) is 6.93. The van der Waals surface area contributed by atoms with Crippen molar-refractivity contribution in [3.63, 3.8) is 0 Å². The number of nitrogens with one attached hydrogen (secondary N) is 1. The van der Waals surface area contributed by atoms with Crippen molar-refractivity contribution in [2.45, 2.75) is 13.8 Å². The number of anilines is 1. The fourth-order valence-corrected chi connectivity index (χ4v) is 3.14. The van der Waals surface area contributed by atoms with E-state index in [9.17, 15) is 9.59 Å². The van der Waals surface area contributed by atoms with E-state index in [4.69, 9.17) is 0 Å². The molecule has 0 atom stereocenters. The lowest BCUT2D eigenvalue weighted by atomic mass is 9.80. The second kappa shape index (κ2) is 4.03. The summed E-state index contributed by atoms with van der Waals surface area (Å²) in [6.07, 6.45) is 0. The number of hydrogen-bond donors (Lipinski definition) is 1. The third-order valence-corrected chi connectivity index (χ3v) is 4.36. The van der Waals surface area contributed by atoms with Crippen molar-refractivity contribution >= 4 is 28.0 Å². The molecule has 2 aromatic rings. The van der Waals surface area contributed by atoms with Gasteiger partial charge < -0.3 is 5.32 Å². The van der Waals surface area contributed by atoms with Crippen LogP contribution in [0.2, 0.25) is 0 Å². The van der Waals surface area contributed by atoms with Crippen LogP contribution in [0.5, 0.6) is 0 Å². The van der Waals surface area contributed by atoms with Gasteiger partial charge in [-0.2, -0.15) is 0 Å².